The fraction of sp³-hybridized carbons (Fsp3) is 0.462. The predicted molar refractivity (Wildman–Crippen MR) is 75.2 cm³/mol. The molecule has 1 fully saturated rings. The van der Waals surface area contributed by atoms with E-state index in [1.807, 2.05) is 0 Å². The van der Waals surface area contributed by atoms with E-state index in [2.05, 4.69) is 0 Å². The Morgan fingerprint density at radius 3 is 2.50 bits per heavy atom. The Hall–Kier alpha value is -1.11. The number of carbonyl (C=O) groups is 1. The summed E-state index contributed by atoms with van der Waals surface area (Å²) in [5.74, 6) is -1.09. The van der Waals surface area contributed by atoms with Gasteiger partial charge >= 0.3 is 5.97 Å². The monoisotopic (exact) mass is 317 g/mol. The zero-order chi connectivity index (χ0) is 15.0. The molecule has 1 aromatic rings. The number of nitrogens with zero attached hydrogens (tertiary/aromatic N) is 1. The van der Waals surface area contributed by atoms with Gasteiger partial charge in [0, 0.05) is 11.6 Å². The van der Waals surface area contributed by atoms with Crippen LogP contribution < -0.4 is 0 Å². The average Bonchev–Trinajstić information content (AvgIpc) is 2.85. The summed E-state index contributed by atoms with van der Waals surface area (Å²) in [6.07, 6.45) is 1.13. The molecule has 0 spiro atoms. The van der Waals surface area contributed by atoms with Crippen LogP contribution in [0.15, 0.2) is 29.2 Å². The highest BCUT2D eigenvalue weighted by atomic mass is 35.5. The lowest BCUT2D eigenvalue weighted by molar-refractivity contribution is -0.147. The molecule has 1 N–H and O–H groups in total. The van der Waals surface area contributed by atoms with Crippen LogP contribution in [0.5, 0.6) is 0 Å². The van der Waals surface area contributed by atoms with Crippen LogP contribution >= 0.6 is 11.6 Å². The van der Waals surface area contributed by atoms with Crippen molar-refractivity contribution in [1.29, 1.82) is 0 Å². The summed E-state index contributed by atoms with van der Waals surface area (Å²) in [6, 6.07) is 5.77. The molecule has 1 aromatic carbocycles. The summed E-state index contributed by atoms with van der Waals surface area (Å²) in [4.78, 5) is 11.6. The van der Waals surface area contributed by atoms with Gasteiger partial charge in [-0.05, 0) is 43.5 Å². The smallest absolute Gasteiger partial charge is 0.325 e. The third-order valence-electron chi connectivity index (χ3n) is 3.81. The molecule has 0 saturated carbocycles. The highest BCUT2D eigenvalue weighted by Gasteiger charge is 2.51. The molecule has 0 amide bonds. The Bertz CT molecular complexity index is 614. The Morgan fingerprint density at radius 1 is 1.40 bits per heavy atom. The molecule has 1 aliphatic rings. The van der Waals surface area contributed by atoms with Crippen molar-refractivity contribution < 1.29 is 18.3 Å². The predicted octanol–water partition coefficient (Wildman–Crippen LogP) is 2.36. The van der Waals surface area contributed by atoms with E-state index in [0.717, 1.165) is 4.31 Å². The second-order valence-electron chi connectivity index (χ2n) is 4.82. The molecule has 20 heavy (non-hydrogen) atoms. The SMILES string of the molecule is CCC1(C(=O)O)CCCN1S(=O)(=O)c1ccc(Cl)cc1. The molecule has 0 aliphatic carbocycles. The molecule has 1 aliphatic heterocycles. The van der Waals surface area contributed by atoms with E-state index in [1.54, 1.807) is 6.92 Å². The first-order valence-corrected chi connectivity index (χ1v) is 8.18. The van der Waals surface area contributed by atoms with Gasteiger partial charge in [-0.1, -0.05) is 18.5 Å². The summed E-state index contributed by atoms with van der Waals surface area (Å²) in [7, 11) is -3.83. The number of hydrogen-bond acceptors (Lipinski definition) is 3. The maximum Gasteiger partial charge on any atom is 0.325 e. The maximum absolute atomic E-state index is 12.6. The van der Waals surface area contributed by atoms with Gasteiger partial charge in [0.25, 0.3) is 0 Å². The fourth-order valence-corrected chi connectivity index (χ4v) is 4.64. The normalized spacial score (nSPS) is 23.9. The Morgan fingerprint density at radius 2 is 2.00 bits per heavy atom. The summed E-state index contributed by atoms with van der Waals surface area (Å²) < 4.78 is 26.4. The molecule has 5 nitrogen and oxygen atoms in total. The molecule has 0 aromatic heterocycles. The minimum atomic E-state index is -3.83. The topological polar surface area (TPSA) is 74.7 Å². The van der Waals surface area contributed by atoms with Gasteiger partial charge in [0.1, 0.15) is 5.54 Å². The minimum Gasteiger partial charge on any atom is -0.480 e. The maximum atomic E-state index is 12.6. The number of benzene rings is 1. The van der Waals surface area contributed by atoms with Crippen molar-refractivity contribution in [3.8, 4) is 0 Å². The van der Waals surface area contributed by atoms with Crippen molar-refractivity contribution in [3.05, 3.63) is 29.3 Å². The molecule has 1 saturated heterocycles. The van der Waals surface area contributed by atoms with Crippen molar-refractivity contribution in [1.82, 2.24) is 4.31 Å². The summed E-state index contributed by atoms with van der Waals surface area (Å²) in [5.41, 5.74) is -1.33. The van der Waals surface area contributed by atoms with E-state index in [-0.39, 0.29) is 17.9 Å². The molecule has 0 radical (unpaired) electrons. The van der Waals surface area contributed by atoms with Gasteiger partial charge in [0.05, 0.1) is 4.90 Å². The zero-order valence-electron chi connectivity index (χ0n) is 11.0. The van der Waals surface area contributed by atoms with Gasteiger partial charge in [-0.15, -0.1) is 0 Å². The molecular weight excluding hydrogens is 302 g/mol. The highest BCUT2D eigenvalue weighted by molar-refractivity contribution is 7.89. The van der Waals surface area contributed by atoms with Gasteiger partial charge < -0.3 is 5.11 Å². The fourth-order valence-electron chi connectivity index (χ4n) is 2.66. The van der Waals surface area contributed by atoms with Crippen LogP contribution in [0.2, 0.25) is 5.02 Å². The van der Waals surface area contributed by atoms with E-state index in [9.17, 15) is 18.3 Å². The number of halogens is 1. The van der Waals surface area contributed by atoms with Crippen molar-refractivity contribution in [2.75, 3.05) is 6.54 Å². The largest absolute Gasteiger partial charge is 0.480 e. The third kappa shape index (κ3) is 2.32. The average molecular weight is 318 g/mol. The quantitative estimate of drug-likeness (QED) is 0.925. The standard InChI is InChI=1S/C13H16ClNO4S/c1-2-13(12(16)17)8-3-9-15(13)20(18,19)11-6-4-10(14)5-7-11/h4-7H,2-3,8-9H2,1H3,(H,16,17). The van der Waals surface area contributed by atoms with Gasteiger partial charge in [-0.2, -0.15) is 4.31 Å². The highest BCUT2D eigenvalue weighted by Crippen LogP contribution is 2.37. The number of carboxylic acids is 1. The van der Waals surface area contributed by atoms with Crippen molar-refractivity contribution >= 4 is 27.6 Å². The van der Waals surface area contributed by atoms with Gasteiger partial charge in [0.15, 0.2) is 0 Å². The van der Waals surface area contributed by atoms with Crippen LogP contribution in [0, 0.1) is 0 Å². The van der Waals surface area contributed by atoms with Gasteiger partial charge in [-0.25, -0.2) is 8.42 Å². The second-order valence-corrected chi connectivity index (χ2v) is 7.12. The molecule has 1 unspecified atom stereocenters. The van der Waals surface area contributed by atoms with E-state index < -0.39 is 21.5 Å². The number of aliphatic carboxylic acids is 1. The third-order valence-corrected chi connectivity index (χ3v) is 6.05. The van der Waals surface area contributed by atoms with E-state index in [4.69, 9.17) is 11.6 Å². The molecule has 1 heterocycles. The molecule has 7 heteroatoms. The lowest BCUT2D eigenvalue weighted by atomic mass is 9.95. The lowest BCUT2D eigenvalue weighted by Gasteiger charge is -2.32. The van der Waals surface area contributed by atoms with Crippen molar-refractivity contribution in [2.24, 2.45) is 0 Å². The van der Waals surface area contributed by atoms with Gasteiger partial charge in [-0.3, -0.25) is 4.79 Å². The summed E-state index contributed by atoms with van der Waals surface area (Å²) in [6.45, 7) is 1.93. The first-order valence-electron chi connectivity index (χ1n) is 6.36. The Labute approximate surface area is 123 Å². The number of sulfonamides is 1. The zero-order valence-corrected chi connectivity index (χ0v) is 12.6. The van der Waals surface area contributed by atoms with Crippen LogP contribution in [-0.2, 0) is 14.8 Å². The van der Waals surface area contributed by atoms with Crippen LogP contribution in [0.25, 0.3) is 0 Å². The number of carboxylic acid groups (broad SMARTS) is 1. The molecule has 110 valence electrons. The summed E-state index contributed by atoms with van der Waals surface area (Å²) >= 11 is 5.75. The number of hydrogen-bond donors (Lipinski definition) is 1. The molecule has 2 rings (SSSR count). The minimum absolute atomic E-state index is 0.0721. The van der Waals surface area contributed by atoms with E-state index in [0.29, 0.717) is 17.9 Å². The van der Waals surface area contributed by atoms with Crippen molar-refractivity contribution in [3.63, 3.8) is 0 Å². The van der Waals surface area contributed by atoms with Gasteiger partial charge in [0.2, 0.25) is 10.0 Å². The number of rotatable bonds is 4. The summed E-state index contributed by atoms with van der Waals surface area (Å²) in [5, 5.41) is 9.90. The van der Waals surface area contributed by atoms with E-state index in [1.165, 1.54) is 24.3 Å². The van der Waals surface area contributed by atoms with Crippen LogP contribution in [0.1, 0.15) is 26.2 Å². The Kier molecular flexibility index (Phi) is 4.09. The van der Waals surface area contributed by atoms with Crippen LogP contribution in [0.4, 0.5) is 0 Å². The second kappa shape index (κ2) is 5.35. The van der Waals surface area contributed by atoms with Crippen LogP contribution in [0.3, 0.4) is 0 Å². The van der Waals surface area contributed by atoms with E-state index >= 15 is 0 Å². The molecular formula is C13H16ClNO4S. The first kappa shape index (κ1) is 15.3. The lowest BCUT2D eigenvalue weighted by Crippen LogP contribution is -2.52. The van der Waals surface area contributed by atoms with Crippen LogP contribution in [-0.4, -0.2) is 35.9 Å². The van der Waals surface area contributed by atoms with Crippen molar-refractivity contribution in [2.45, 2.75) is 36.6 Å². The first-order chi connectivity index (χ1) is 9.34. The molecule has 1 atom stereocenters. The Balaban J connectivity index is 2.48. The molecule has 0 bridgehead atoms.